The van der Waals surface area contributed by atoms with Gasteiger partial charge in [0.05, 0.1) is 0 Å². The summed E-state index contributed by atoms with van der Waals surface area (Å²) < 4.78 is 0. The van der Waals surface area contributed by atoms with Gasteiger partial charge in [-0.25, -0.2) is 0 Å². The number of hydrogen-bond donors (Lipinski definition) is 1. The van der Waals surface area contributed by atoms with Crippen molar-refractivity contribution in [3.8, 4) is 0 Å². The van der Waals surface area contributed by atoms with Crippen molar-refractivity contribution in [1.29, 1.82) is 0 Å². The highest BCUT2D eigenvalue weighted by Gasteiger charge is 2.39. The van der Waals surface area contributed by atoms with Crippen molar-refractivity contribution in [2.24, 2.45) is 5.41 Å². The molecular weight excluding hydrogens is 246 g/mol. The second-order valence-electron chi connectivity index (χ2n) is 7.82. The number of piperazine rings is 1. The van der Waals surface area contributed by atoms with Gasteiger partial charge < -0.3 is 5.32 Å². The summed E-state index contributed by atoms with van der Waals surface area (Å²) in [6, 6.07) is 1.77. The third-order valence-corrected chi connectivity index (χ3v) is 6.82. The Kier molecular flexibility index (Phi) is 3.78. The van der Waals surface area contributed by atoms with Crippen LogP contribution in [-0.4, -0.2) is 61.2 Å². The van der Waals surface area contributed by atoms with E-state index in [4.69, 9.17) is 0 Å². The minimum absolute atomic E-state index is 0.802. The average Bonchev–Trinajstić information content (AvgIpc) is 2.87. The molecule has 0 unspecified atom stereocenters. The van der Waals surface area contributed by atoms with E-state index in [9.17, 15) is 0 Å². The largest absolute Gasteiger partial charge is 0.314 e. The molecule has 2 aliphatic heterocycles. The van der Waals surface area contributed by atoms with Crippen LogP contribution in [0, 0.1) is 5.41 Å². The molecule has 4 rings (SSSR count). The Bertz CT molecular complexity index is 315. The lowest BCUT2D eigenvalue weighted by Gasteiger charge is -2.47. The summed E-state index contributed by atoms with van der Waals surface area (Å²) in [5, 5.41) is 3.41. The van der Waals surface area contributed by atoms with Gasteiger partial charge >= 0.3 is 0 Å². The molecule has 0 aromatic heterocycles. The molecule has 2 saturated heterocycles. The Hall–Kier alpha value is -0.120. The Morgan fingerprint density at radius 3 is 1.75 bits per heavy atom. The SMILES string of the molecule is C1CCC2(C1)CCC(N1CCN(C3CNC3)CC1)CC2. The zero-order valence-corrected chi connectivity index (χ0v) is 12.9. The van der Waals surface area contributed by atoms with Crippen LogP contribution in [0.2, 0.25) is 0 Å². The number of nitrogens with one attached hydrogen (secondary N) is 1. The minimum atomic E-state index is 0.802. The maximum absolute atomic E-state index is 3.41. The number of nitrogens with zero attached hydrogens (tertiary/aromatic N) is 2. The molecule has 2 saturated carbocycles. The van der Waals surface area contributed by atoms with Gasteiger partial charge in [0.15, 0.2) is 0 Å². The van der Waals surface area contributed by atoms with Crippen LogP contribution >= 0.6 is 0 Å². The molecule has 3 nitrogen and oxygen atoms in total. The predicted octanol–water partition coefficient (Wildman–Crippen LogP) is 2.08. The molecule has 4 aliphatic rings. The van der Waals surface area contributed by atoms with E-state index in [0.717, 1.165) is 17.5 Å². The zero-order chi connectivity index (χ0) is 13.4. The molecule has 0 radical (unpaired) electrons. The first kappa shape index (κ1) is 13.5. The maximum atomic E-state index is 3.41. The standard InChI is InChI=1S/C17H31N3/c1-2-6-17(5-1)7-3-15(4-8-17)19-9-11-20(12-10-19)16-13-18-14-16/h15-16,18H,1-14H2. The Labute approximate surface area is 124 Å². The van der Waals surface area contributed by atoms with E-state index >= 15 is 0 Å². The van der Waals surface area contributed by atoms with Crippen LogP contribution in [-0.2, 0) is 0 Å². The Morgan fingerprint density at radius 2 is 1.25 bits per heavy atom. The van der Waals surface area contributed by atoms with Crippen molar-refractivity contribution in [2.45, 2.75) is 63.5 Å². The van der Waals surface area contributed by atoms with Crippen LogP contribution in [0.1, 0.15) is 51.4 Å². The van der Waals surface area contributed by atoms with Crippen LogP contribution in [0.3, 0.4) is 0 Å². The molecule has 114 valence electrons. The molecule has 1 N–H and O–H groups in total. The molecule has 2 heterocycles. The number of hydrogen-bond acceptors (Lipinski definition) is 3. The van der Waals surface area contributed by atoms with E-state index in [1.807, 2.05) is 0 Å². The highest BCUT2D eigenvalue weighted by atomic mass is 15.3. The smallest absolute Gasteiger partial charge is 0.0346 e. The third kappa shape index (κ3) is 2.53. The van der Waals surface area contributed by atoms with Gasteiger partial charge in [0, 0.05) is 51.4 Å². The summed E-state index contributed by atoms with van der Waals surface area (Å²) >= 11 is 0. The van der Waals surface area contributed by atoms with Gasteiger partial charge in [-0.15, -0.1) is 0 Å². The fraction of sp³-hybridized carbons (Fsp3) is 1.00. The first-order valence-electron chi connectivity index (χ1n) is 9.04. The highest BCUT2D eigenvalue weighted by molar-refractivity contribution is 4.94. The van der Waals surface area contributed by atoms with Crippen molar-refractivity contribution >= 4 is 0 Å². The topological polar surface area (TPSA) is 18.5 Å². The van der Waals surface area contributed by atoms with E-state index in [1.54, 1.807) is 12.8 Å². The first-order valence-corrected chi connectivity index (χ1v) is 9.04. The second-order valence-corrected chi connectivity index (χ2v) is 7.82. The monoisotopic (exact) mass is 277 g/mol. The molecule has 4 fully saturated rings. The van der Waals surface area contributed by atoms with Crippen LogP contribution in [0.5, 0.6) is 0 Å². The lowest BCUT2D eigenvalue weighted by atomic mass is 9.71. The maximum Gasteiger partial charge on any atom is 0.0346 e. The summed E-state index contributed by atoms with van der Waals surface area (Å²) in [5.41, 5.74) is 0.802. The minimum Gasteiger partial charge on any atom is -0.314 e. The molecule has 1 spiro atoms. The quantitative estimate of drug-likeness (QED) is 0.834. The van der Waals surface area contributed by atoms with E-state index < -0.39 is 0 Å². The van der Waals surface area contributed by atoms with Crippen LogP contribution in [0.15, 0.2) is 0 Å². The normalized spacial score (nSPS) is 33.6. The molecule has 0 amide bonds. The summed E-state index contributed by atoms with van der Waals surface area (Å²) in [6.45, 7) is 7.74. The van der Waals surface area contributed by atoms with E-state index in [1.165, 1.54) is 77.8 Å². The first-order chi connectivity index (χ1) is 9.85. The van der Waals surface area contributed by atoms with E-state index in [0.29, 0.717) is 0 Å². The van der Waals surface area contributed by atoms with Gasteiger partial charge in [0.2, 0.25) is 0 Å². The summed E-state index contributed by atoms with van der Waals surface area (Å²) in [4.78, 5) is 5.54. The zero-order valence-electron chi connectivity index (χ0n) is 12.9. The molecule has 2 aliphatic carbocycles. The molecule has 0 atom stereocenters. The lowest BCUT2D eigenvalue weighted by molar-refractivity contribution is 0.0257. The lowest BCUT2D eigenvalue weighted by Crippen LogP contribution is -2.62. The van der Waals surface area contributed by atoms with Crippen LogP contribution in [0.25, 0.3) is 0 Å². The van der Waals surface area contributed by atoms with Gasteiger partial charge in [-0.2, -0.15) is 0 Å². The summed E-state index contributed by atoms with van der Waals surface area (Å²) in [7, 11) is 0. The van der Waals surface area contributed by atoms with E-state index in [-0.39, 0.29) is 0 Å². The fourth-order valence-corrected chi connectivity index (χ4v) is 5.20. The highest BCUT2D eigenvalue weighted by Crippen LogP contribution is 2.49. The van der Waals surface area contributed by atoms with Crippen molar-refractivity contribution in [3.05, 3.63) is 0 Å². The molecule has 0 aromatic rings. The predicted molar refractivity (Wildman–Crippen MR) is 83.0 cm³/mol. The molecule has 0 bridgehead atoms. The third-order valence-electron chi connectivity index (χ3n) is 6.82. The summed E-state index contributed by atoms with van der Waals surface area (Å²) in [6.07, 6.45) is 12.2. The van der Waals surface area contributed by atoms with Gasteiger partial charge in [0.25, 0.3) is 0 Å². The molecular formula is C17H31N3. The van der Waals surface area contributed by atoms with E-state index in [2.05, 4.69) is 15.1 Å². The van der Waals surface area contributed by atoms with Crippen molar-refractivity contribution < 1.29 is 0 Å². The van der Waals surface area contributed by atoms with Gasteiger partial charge in [-0.1, -0.05) is 12.8 Å². The van der Waals surface area contributed by atoms with Gasteiger partial charge in [0.1, 0.15) is 0 Å². The van der Waals surface area contributed by atoms with Gasteiger partial charge in [-0.05, 0) is 43.9 Å². The Balaban J connectivity index is 1.25. The van der Waals surface area contributed by atoms with Crippen LogP contribution in [0.4, 0.5) is 0 Å². The summed E-state index contributed by atoms with van der Waals surface area (Å²) in [5.74, 6) is 0. The Morgan fingerprint density at radius 1 is 0.700 bits per heavy atom. The van der Waals surface area contributed by atoms with Gasteiger partial charge in [-0.3, -0.25) is 9.80 Å². The average molecular weight is 277 g/mol. The van der Waals surface area contributed by atoms with Crippen molar-refractivity contribution in [2.75, 3.05) is 39.3 Å². The van der Waals surface area contributed by atoms with Crippen molar-refractivity contribution in [3.63, 3.8) is 0 Å². The fourth-order valence-electron chi connectivity index (χ4n) is 5.20. The number of rotatable bonds is 2. The molecule has 3 heteroatoms. The van der Waals surface area contributed by atoms with Crippen LogP contribution < -0.4 is 5.32 Å². The molecule has 20 heavy (non-hydrogen) atoms. The second kappa shape index (κ2) is 5.58. The molecule has 0 aromatic carbocycles. The van der Waals surface area contributed by atoms with Crippen molar-refractivity contribution in [1.82, 2.24) is 15.1 Å².